The van der Waals surface area contributed by atoms with Gasteiger partial charge in [0.15, 0.2) is 18.1 Å². The minimum atomic E-state index is -0.560. The van der Waals surface area contributed by atoms with E-state index in [0.29, 0.717) is 0 Å². The second kappa shape index (κ2) is 8.96. The van der Waals surface area contributed by atoms with Crippen molar-refractivity contribution in [1.82, 2.24) is 0 Å². The highest BCUT2D eigenvalue weighted by Gasteiger charge is 2.20. The fourth-order valence-corrected chi connectivity index (χ4v) is 2.01. The van der Waals surface area contributed by atoms with Crippen molar-refractivity contribution in [3.63, 3.8) is 0 Å². The Labute approximate surface area is 143 Å². The Hall–Kier alpha value is -2.32. The fraction of sp³-hybridized carbons (Fsp3) is 0.200. The minimum Gasteiger partial charge on any atom is -0.490 e. The summed E-state index contributed by atoms with van der Waals surface area (Å²) in [5.74, 6) is -0.0592. The molecule has 0 atom stereocenters. The quantitative estimate of drug-likeness (QED) is 0.338. The number of pyridine rings is 1. The number of nitrogens with zero attached hydrogens (tertiary/aromatic N) is 2. The number of ketones is 1. The molecular weight excluding hydrogens is 368 g/mol. The van der Waals surface area contributed by atoms with Gasteiger partial charge in [0.05, 0.1) is 12.0 Å². The first kappa shape index (κ1) is 20.7. The molecule has 0 spiro atoms. The van der Waals surface area contributed by atoms with Crippen LogP contribution in [0.25, 0.3) is 0 Å². The van der Waals surface area contributed by atoms with Gasteiger partial charge in [-0.3, -0.25) is 14.9 Å². The summed E-state index contributed by atoms with van der Waals surface area (Å²) >= 11 is 0. The lowest BCUT2D eigenvalue weighted by Gasteiger charge is -2.03. The molecule has 1 heterocycles. The van der Waals surface area contributed by atoms with Crippen LogP contribution in [-0.4, -0.2) is 23.3 Å². The largest absolute Gasteiger partial charge is 0.490 e. The van der Waals surface area contributed by atoms with Crippen LogP contribution in [0.3, 0.4) is 0 Å². The van der Waals surface area contributed by atoms with Crippen molar-refractivity contribution in [3.05, 3.63) is 64.0 Å². The molecule has 0 fully saturated rings. The third kappa shape index (κ3) is 5.11. The van der Waals surface area contributed by atoms with Crippen molar-refractivity contribution in [2.24, 2.45) is 0 Å². The van der Waals surface area contributed by atoms with Crippen LogP contribution in [0.15, 0.2) is 42.7 Å². The van der Waals surface area contributed by atoms with Gasteiger partial charge < -0.3 is 10.2 Å². The predicted molar refractivity (Wildman–Crippen MR) is 89.3 cm³/mol. The number of nitro benzene ring substituents is 1. The molecule has 1 aromatic heterocycles. The molecule has 2 rings (SSSR count). The van der Waals surface area contributed by atoms with Gasteiger partial charge in [-0.05, 0) is 25.1 Å². The number of methoxy groups -OCH3 is 1. The zero-order valence-electron chi connectivity index (χ0n) is 12.7. The topological polar surface area (TPSA) is 105 Å². The number of hydrogen-bond donors (Lipinski definition) is 0. The van der Waals surface area contributed by atoms with Crippen molar-refractivity contribution in [2.45, 2.75) is 13.5 Å². The van der Waals surface area contributed by atoms with Crippen molar-refractivity contribution < 1.29 is 24.5 Å². The second-order valence-corrected chi connectivity index (χ2v) is 4.62. The van der Waals surface area contributed by atoms with Crippen LogP contribution >= 0.6 is 17.0 Å². The Kier molecular flexibility index (Phi) is 8.06. The minimum absolute atomic E-state index is 0. The SMILES string of the molecule is Br.COc1ccc(C(=O)C[n+]2cccc(C)c2)cc1[N+](=O)[O-].O. The smallest absolute Gasteiger partial charge is 0.311 e. The lowest BCUT2D eigenvalue weighted by Crippen LogP contribution is -2.37. The van der Waals surface area contributed by atoms with E-state index >= 15 is 0 Å². The maximum absolute atomic E-state index is 12.2. The van der Waals surface area contributed by atoms with Crippen LogP contribution in [0, 0.1) is 17.0 Å². The van der Waals surface area contributed by atoms with Gasteiger partial charge in [0, 0.05) is 23.3 Å². The first-order valence-electron chi connectivity index (χ1n) is 6.32. The third-order valence-corrected chi connectivity index (χ3v) is 3.03. The Bertz CT molecular complexity index is 706. The molecule has 124 valence electrons. The van der Waals surface area contributed by atoms with Crippen molar-refractivity contribution >= 4 is 28.5 Å². The van der Waals surface area contributed by atoms with Gasteiger partial charge in [0.25, 0.3) is 0 Å². The van der Waals surface area contributed by atoms with E-state index in [9.17, 15) is 14.9 Å². The van der Waals surface area contributed by atoms with E-state index in [2.05, 4.69) is 0 Å². The molecule has 0 saturated heterocycles. The summed E-state index contributed by atoms with van der Waals surface area (Å²) in [6.45, 7) is 2.06. The summed E-state index contributed by atoms with van der Waals surface area (Å²) in [6.07, 6.45) is 3.62. The van der Waals surface area contributed by atoms with Crippen LogP contribution in [0.1, 0.15) is 15.9 Å². The highest BCUT2D eigenvalue weighted by atomic mass is 79.9. The van der Waals surface area contributed by atoms with Crippen LogP contribution in [0.2, 0.25) is 0 Å². The molecule has 2 aromatic rings. The summed E-state index contributed by atoms with van der Waals surface area (Å²) in [4.78, 5) is 22.6. The Morgan fingerprint density at radius 1 is 1.35 bits per heavy atom. The van der Waals surface area contributed by atoms with Crippen LogP contribution in [0.5, 0.6) is 5.75 Å². The second-order valence-electron chi connectivity index (χ2n) is 4.62. The van der Waals surface area contributed by atoms with Gasteiger partial charge in [0.1, 0.15) is 0 Å². The van der Waals surface area contributed by atoms with Gasteiger partial charge in [-0.25, -0.2) is 0 Å². The number of carbonyl (C=O) groups is 1. The summed E-state index contributed by atoms with van der Waals surface area (Å²) < 4.78 is 6.66. The zero-order valence-corrected chi connectivity index (χ0v) is 14.4. The first-order chi connectivity index (χ1) is 10.0. The molecule has 7 nitrogen and oxygen atoms in total. The average molecular weight is 386 g/mol. The van der Waals surface area contributed by atoms with Crippen LogP contribution in [0.4, 0.5) is 5.69 Å². The first-order valence-corrected chi connectivity index (χ1v) is 6.32. The number of hydrogen-bond acceptors (Lipinski definition) is 4. The van der Waals surface area contributed by atoms with E-state index in [4.69, 9.17) is 4.74 Å². The van der Waals surface area contributed by atoms with E-state index in [0.717, 1.165) is 5.56 Å². The maximum atomic E-state index is 12.2. The Morgan fingerprint density at radius 2 is 2.04 bits per heavy atom. The monoisotopic (exact) mass is 385 g/mol. The van der Waals surface area contributed by atoms with Gasteiger partial charge >= 0.3 is 5.69 Å². The highest BCUT2D eigenvalue weighted by Crippen LogP contribution is 2.27. The van der Waals surface area contributed by atoms with E-state index in [-0.39, 0.29) is 51.8 Å². The number of benzene rings is 1. The number of Topliss-reactive ketones (excluding diaryl/α,β-unsaturated/α-hetero) is 1. The van der Waals surface area contributed by atoms with Crippen molar-refractivity contribution in [1.29, 1.82) is 0 Å². The lowest BCUT2D eigenvalue weighted by molar-refractivity contribution is -0.683. The normalized spacial score (nSPS) is 9.30. The number of nitro groups is 1. The molecule has 0 amide bonds. The average Bonchev–Trinajstić information content (AvgIpc) is 2.46. The van der Waals surface area contributed by atoms with E-state index in [1.807, 2.05) is 25.3 Å². The number of aryl methyl sites for hydroxylation is 1. The molecule has 0 radical (unpaired) electrons. The Balaban J connectivity index is 0.00000242. The van der Waals surface area contributed by atoms with Crippen molar-refractivity contribution in [3.8, 4) is 5.75 Å². The summed E-state index contributed by atoms with van der Waals surface area (Å²) in [5.41, 5.74) is 1.11. The van der Waals surface area contributed by atoms with Crippen molar-refractivity contribution in [2.75, 3.05) is 7.11 Å². The fourth-order valence-electron chi connectivity index (χ4n) is 2.01. The molecule has 0 aliphatic heterocycles. The maximum Gasteiger partial charge on any atom is 0.311 e. The summed E-state index contributed by atoms with van der Waals surface area (Å²) in [5, 5.41) is 11.0. The van der Waals surface area contributed by atoms with Gasteiger partial charge in [-0.1, -0.05) is 0 Å². The summed E-state index contributed by atoms with van der Waals surface area (Å²) in [7, 11) is 1.35. The van der Waals surface area contributed by atoms with E-state index in [1.54, 1.807) is 10.8 Å². The van der Waals surface area contributed by atoms with Crippen LogP contribution in [-0.2, 0) is 6.54 Å². The molecule has 23 heavy (non-hydrogen) atoms. The number of ether oxygens (including phenoxy) is 1. The lowest BCUT2D eigenvalue weighted by atomic mass is 10.1. The predicted octanol–water partition coefficient (Wildman–Crippen LogP) is 1.84. The number of halogens is 1. The summed E-state index contributed by atoms with van der Waals surface area (Å²) in [6, 6.07) is 7.99. The molecule has 1 aromatic carbocycles. The van der Waals surface area contributed by atoms with Gasteiger partial charge in [0.2, 0.25) is 12.3 Å². The third-order valence-electron chi connectivity index (χ3n) is 3.03. The number of rotatable bonds is 5. The number of aromatic nitrogens is 1. The van der Waals surface area contributed by atoms with E-state index < -0.39 is 4.92 Å². The molecule has 8 heteroatoms. The molecule has 0 unspecified atom stereocenters. The molecular formula is C15H18BrN2O5+. The number of carbonyl (C=O) groups excluding carboxylic acids is 1. The molecule has 0 bridgehead atoms. The Morgan fingerprint density at radius 3 is 2.61 bits per heavy atom. The molecule has 0 saturated carbocycles. The molecule has 0 aliphatic rings. The van der Waals surface area contributed by atoms with Gasteiger partial charge in [-0.2, -0.15) is 4.57 Å². The van der Waals surface area contributed by atoms with Crippen LogP contribution < -0.4 is 9.30 Å². The zero-order chi connectivity index (χ0) is 15.4. The van der Waals surface area contributed by atoms with Gasteiger partial charge in [-0.15, -0.1) is 17.0 Å². The van der Waals surface area contributed by atoms with E-state index in [1.165, 1.54) is 25.3 Å². The molecule has 0 aliphatic carbocycles. The molecule has 2 N–H and O–H groups in total. The standard InChI is InChI=1S/C15H15N2O4.BrH.H2O/c1-11-4-3-7-16(9-11)10-14(18)12-5-6-15(21-2)13(8-12)17(19)20;;/h3-9H,10H2,1-2H3;1H;1H2/q+1;;. The highest BCUT2D eigenvalue weighted by molar-refractivity contribution is 8.93.